The van der Waals surface area contributed by atoms with Crippen molar-refractivity contribution in [2.75, 3.05) is 0 Å². The van der Waals surface area contributed by atoms with Crippen LogP contribution in [0.3, 0.4) is 0 Å². The number of aldehydes is 1. The fourth-order valence-electron chi connectivity index (χ4n) is 1.78. The van der Waals surface area contributed by atoms with Crippen LogP contribution in [-0.4, -0.2) is 16.1 Å². The van der Waals surface area contributed by atoms with Crippen molar-refractivity contribution in [1.82, 2.24) is 9.78 Å². The minimum Gasteiger partial charge on any atom is -0.488 e. The van der Waals surface area contributed by atoms with Crippen LogP contribution in [0, 0.1) is 0 Å². The maximum absolute atomic E-state index is 12.9. The molecule has 0 N–H and O–H groups in total. The van der Waals surface area contributed by atoms with Gasteiger partial charge in [0.05, 0.1) is 11.8 Å². The number of carbonyl (C=O) groups is 1. The fraction of sp³-hybridized carbons (Fsp3) is 0.286. The zero-order valence-electron chi connectivity index (χ0n) is 11.2. The van der Waals surface area contributed by atoms with Crippen molar-refractivity contribution in [2.24, 2.45) is 0 Å². The van der Waals surface area contributed by atoms with Gasteiger partial charge in [-0.2, -0.15) is 18.3 Å². The first-order valence-electron chi connectivity index (χ1n) is 6.24. The Bertz CT molecular complexity index is 635. The molecule has 0 bridgehead atoms. The van der Waals surface area contributed by atoms with E-state index in [1.807, 2.05) is 6.92 Å². The number of aryl methyl sites for hydroxylation is 1. The number of aromatic nitrogens is 2. The van der Waals surface area contributed by atoms with Crippen LogP contribution in [0.15, 0.2) is 30.6 Å². The first-order chi connectivity index (χ1) is 9.94. The van der Waals surface area contributed by atoms with Crippen LogP contribution >= 0.6 is 0 Å². The second-order valence-corrected chi connectivity index (χ2v) is 4.36. The molecule has 0 unspecified atom stereocenters. The average molecular weight is 298 g/mol. The first-order valence-corrected chi connectivity index (χ1v) is 6.24. The number of hydrogen-bond donors (Lipinski definition) is 0. The number of benzene rings is 1. The van der Waals surface area contributed by atoms with Gasteiger partial charge in [-0.25, -0.2) is 0 Å². The van der Waals surface area contributed by atoms with Gasteiger partial charge in [0.15, 0.2) is 0 Å². The van der Waals surface area contributed by atoms with Gasteiger partial charge in [0.2, 0.25) is 0 Å². The SMILES string of the molecule is CCn1cc(COc2ccc(C=O)cc2C(F)(F)F)cn1. The first kappa shape index (κ1) is 15.1. The summed E-state index contributed by atoms with van der Waals surface area (Å²) in [6, 6.07) is 3.21. The van der Waals surface area contributed by atoms with E-state index in [0.717, 1.165) is 12.1 Å². The molecule has 2 rings (SSSR count). The zero-order valence-corrected chi connectivity index (χ0v) is 11.2. The molecule has 0 fully saturated rings. The molecule has 0 aliphatic heterocycles. The van der Waals surface area contributed by atoms with Crippen LogP contribution in [-0.2, 0) is 19.3 Å². The predicted molar refractivity (Wildman–Crippen MR) is 69.1 cm³/mol. The Morgan fingerprint density at radius 2 is 2.14 bits per heavy atom. The van der Waals surface area contributed by atoms with E-state index in [4.69, 9.17) is 4.74 Å². The molecule has 4 nitrogen and oxygen atoms in total. The molecule has 7 heteroatoms. The maximum atomic E-state index is 12.9. The van der Waals surface area contributed by atoms with Crippen LogP contribution in [0.2, 0.25) is 0 Å². The second-order valence-electron chi connectivity index (χ2n) is 4.36. The lowest BCUT2D eigenvalue weighted by molar-refractivity contribution is -0.139. The molecule has 1 aromatic heterocycles. The third-order valence-corrected chi connectivity index (χ3v) is 2.85. The summed E-state index contributed by atoms with van der Waals surface area (Å²) in [5.41, 5.74) is -0.340. The van der Waals surface area contributed by atoms with Crippen molar-refractivity contribution in [3.05, 3.63) is 47.3 Å². The van der Waals surface area contributed by atoms with Gasteiger partial charge in [-0.05, 0) is 25.1 Å². The molecule has 0 aliphatic carbocycles. The van der Waals surface area contributed by atoms with Gasteiger partial charge >= 0.3 is 6.18 Å². The molecule has 112 valence electrons. The van der Waals surface area contributed by atoms with Crippen molar-refractivity contribution in [1.29, 1.82) is 0 Å². The van der Waals surface area contributed by atoms with Gasteiger partial charge < -0.3 is 4.74 Å². The minimum absolute atomic E-state index is 0.0243. The van der Waals surface area contributed by atoms with E-state index in [1.54, 1.807) is 10.9 Å². The molecular formula is C14H13F3N2O2. The summed E-state index contributed by atoms with van der Waals surface area (Å²) in [6.45, 7) is 2.54. The number of carbonyl (C=O) groups excluding carboxylic acids is 1. The van der Waals surface area contributed by atoms with E-state index in [1.165, 1.54) is 12.3 Å². The highest BCUT2D eigenvalue weighted by Gasteiger charge is 2.34. The smallest absolute Gasteiger partial charge is 0.419 e. The number of halogens is 3. The summed E-state index contributed by atoms with van der Waals surface area (Å²) >= 11 is 0. The van der Waals surface area contributed by atoms with E-state index in [9.17, 15) is 18.0 Å². The molecule has 0 spiro atoms. The van der Waals surface area contributed by atoms with E-state index in [-0.39, 0.29) is 17.9 Å². The topological polar surface area (TPSA) is 44.1 Å². The number of alkyl halides is 3. The molecule has 0 saturated heterocycles. The molecular weight excluding hydrogens is 285 g/mol. The van der Waals surface area contributed by atoms with Gasteiger partial charge in [0.25, 0.3) is 0 Å². The Hall–Kier alpha value is -2.31. The van der Waals surface area contributed by atoms with Crippen molar-refractivity contribution in [3.8, 4) is 5.75 Å². The third-order valence-electron chi connectivity index (χ3n) is 2.85. The quantitative estimate of drug-likeness (QED) is 0.795. The van der Waals surface area contributed by atoms with Crippen LogP contribution in [0.4, 0.5) is 13.2 Å². The Labute approximate surface area is 119 Å². The van der Waals surface area contributed by atoms with Crippen molar-refractivity contribution >= 4 is 6.29 Å². The summed E-state index contributed by atoms with van der Waals surface area (Å²) in [6.07, 6.45) is -0.976. The molecule has 0 amide bonds. The predicted octanol–water partition coefficient (Wildman–Crippen LogP) is 3.31. The summed E-state index contributed by atoms with van der Waals surface area (Å²) in [5, 5.41) is 4.01. The monoisotopic (exact) mass is 298 g/mol. The molecule has 21 heavy (non-hydrogen) atoms. The molecule has 0 saturated carbocycles. The summed E-state index contributed by atoms with van der Waals surface area (Å²) < 4.78 is 45.7. The highest BCUT2D eigenvalue weighted by Crippen LogP contribution is 2.36. The number of ether oxygens (including phenoxy) is 1. The standard InChI is InChI=1S/C14H13F3N2O2/c1-2-19-7-11(6-18-19)9-21-13-4-3-10(8-20)5-12(13)14(15,16)17/h3-8H,2,9H2,1H3. The highest BCUT2D eigenvalue weighted by molar-refractivity contribution is 5.75. The van der Waals surface area contributed by atoms with Gasteiger partial charge in [0.1, 0.15) is 18.6 Å². The molecule has 0 radical (unpaired) electrons. The van der Waals surface area contributed by atoms with Crippen LogP contribution in [0.1, 0.15) is 28.4 Å². The number of nitrogens with zero attached hydrogens (tertiary/aromatic N) is 2. The lowest BCUT2D eigenvalue weighted by Gasteiger charge is -2.13. The lowest BCUT2D eigenvalue weighted by atomic mass is 10.1. The summed E-state index contributed by atoms with van der Waals surface area (Å²) in [5.74, 6) is -0.308. The molecule has 1 aromatic carbocycles. The van der Waals surface area contributed by atoms with Gasteiger partial charge in [-0.1, -0.05) is 0 Å². The Kier molecular flexibility index (Phi) is 4.30. The normalized spacial score (nSPS) is 11.4. The van der Waals surface area contributed by atoms with E-state index in [0.29, 0.717) is 18.4 Å². The average Bonchev–Trinajstić information content (AvgIpc) is 2.92. The minimum atomic E-state index is -4.58. The van der Waals surface area contributed by atoms with Gasteiger partial charge in [-0.3, -0.25) is 9.48 Å². The molecule has 1 heterocycles. The van der Waals surface area contributed by atoms with Gasteiger partial charge in [0, 0.05) is 23.9 Å². The van der Waals surface area contributed by atoms with E-state index < -0.39 is 11.7 Å². The molecule has 0 aliphatic rings. The second kappa shape index (κ2) is 5.99. The zero-order chi connectivity index (χ0) is 15.5. The van der Waals surface area contributed by atoms with Crippen LogP contribution < -0.4 is 4.74 Å². The van der Waals surface area contributed by atoms with E-state index >= 15 is 0 Å². The summed E-state index contributed by atoms with van der Waals surface area (Å²) in [4.78, 5) is 10.6. The number of rotatable bonds is 5. The Morgan fingerprint density at radius 1 is 1.38 bits per heavy atom. The summed E-state index contributed by atoms with van der Waals surface area (Å²) in [7, 11) is 0. The highest BCUT2D eigenvalue weighted by atomic mass is 19.4. The van der Waals surface area contributed by atoms with Crippen LogP contribution in [0.25, 0.3) is 0 Å². The van der Waals surface area contributed by atoms with Crippen LogP contribution in [0.5, 0.6) is 5.75 Å². The fourth-order valence-corrected chi connectivity index (χ4v) is 1.78. The Morgan fingerprint density at radius 3 is 2.71 bits per heavy atom. The van der Waals surface area contributed by atoms with E-state index in [2.05, 4.69) is 5.10 Å². The van der Waals surface area contributed by atoms with Crippen molar-refractivity contribution in [3.63, 3.8) is 0 Å². The maximum Gasteiger partial charge on any atom is 0.419 e. The largest absolute Gasteiger partial charge is 0.488 e. The van der Waals surface area contributed by atoms with Gasteiger partial charge in [-0.15, -0.1) is 0 Å². The number of hydrogen-bond acceptors (Lipinski definition) is 3. The molecule has 0 atom stereocenters. The Balaban J connectivity index is 2.20. The van der Waals surface area contributed by atoms with Crippen molar-refractivity contribution in [2.45, 2.75) is 26.3 Å². The lowest BCUT2D eigenvalue weighted by Crippen LogP contribution is -2.09. The molecule has 2 aromatic rings. The van der Waals surface area contributed by atoms with Crippen molar-refractivity contribution < 1.29 is 22.7 Å². The third kappa shape index (κ3) is 3.62.